The molecule has 1 atom stereocenters. The maximum atomic E-state index is 13.6. The number of nitro groups is 1. The van der Waals surface area contributed by atoms with Gasteiger partial charge in [0.25, 0.3) is 5.69 Å². The van der Waals surface area contributed by atoms with Crippen LogP contribution in [-0.4, -0.2) is 20.1 Å². The van der Waals surface area contributed by atoms with E-state index in [1.807, 2.05) is 0 Å². The number of aromatic nitrogens is 3. The number of nitrogens with zero attached hydrogens (tertiary/aromatic N) is 3. The van der Waals surface area contributed by atoms with Crippen LogP contribution in [0.1, 0.15) is 18.8 Å². The van der Waals surface area contributed by atoms with Gasteiger partial charge < -0.3 is 5.32 Å². The predicted octanol–water partition coefficient (Wildman–Crippen LogP) is 2.16. The molecule has 0 radical (unpaired) electrons. The third kappa shape index (κ3) is 2.49. The Morgan fingerprint density at radius 3 is 2.79 bits per heavy atom. The van der Waals surface area contributed by atoms with Crippen molar-refractivity contribution in [1.29, 1.82) is 0 Å². The van der Waals surface area contributed by atoms with Gasteiger partial charge in [0.2, 0.25) is 0 Å². The lowest BCUT2D eigenvalue weighted by molar-refractivity contribution is -0.384. The number of rotatable bonds is 4. The average Bonchev–Trinajstić information content (AvgIpc) is 2.88. The average molecular weight is 269 g/mol. The fourth-order valence-electron chi connectivity index (χ4n) is 1.54. The van der Waals surface area contributed by atoms with Gasteiger partial charge in [0.1, 0.15) is 12.2 Å². The highest BCUT2D eigenvalue weighted by molar-refractivity contribution is 5.63. The maximum absolute atomic E-state index is 13.6. The summed E-state index contributed by atoms with van der Waals surface area (Å²) in [6.45, 7) is 1.58. The lowest BCUT2D eigenvalue weighted by Gasteiger charge is -2.13. The highest BCUT2D eigenvalue weighted by Crippen LogP contribution is 2.31. The number of halogens is 2. The second-order valence-electron chi connectivity index (χ2n) is 3.75. The summed E-state index contributed by atoms with van der Waals surface area (Å²) in [5.41, 5.74) is -1.07. The van der Waals surface area contributed by atoms with Crippen molar-refractivity contribution < 1.29 is 13.7 Å². The predicted molar refractivity (Wildman–Crippen MR) is 61.4 cm³/mol. The zero-order chi connectivity index (χ0) is 14.0. The van der Waals surface area contributed by atoms with Crippen molar-refractivity contribution in [2.24, 2.45) is 0 Å². The van der Waals surface area contributed by atoms with E-state index in [0.717, 1.165) is 6.07 Å². The summed E-state index contributed by atoms with van der Waals surface area (Å²) in [5, 5.41) is 19.4. The van der Waals surface area contributed by atoms with Crippen LogP contribution < -0.4 is 5.32 Å². The van der Waals surface area contributed by atoms with Gasteiger partial charge in [0, 0.05) is 6.07 Å². The molecule has 0 bridgehead atoms. The number of benzene rings is 1. The number of hydrogen-bond acceptors (Lipinski definition) is 5. The second-order valence-corrected chi connectivity index (χ2v) is 3.75. The molecule has 2 rings (SSSR count). The first-order valence-corrected chi connectivity index (χ1v) is 5.25. The fourth-order valence-corrected chi connectivity index (χ4v) is 1.54. The first-order chi connectivity index (χ1) is 9.00. The molecule has 9 heteroatoms. The van der Waals surface area contributed by atoms with Crippen molar-refractivity contribution in [3.8, 4) is 0 Å². The van der Waals surface area contributed by atoms with Crippen LogP contribution >= 0.6 is 0 Å². The van der Waals surface area contributed by atoms with E-state index in [1.165, 1.54) is 6.33 Å². The lowest BCUT2D eigenvalue weighted by atomic mass is 10.2. The number of aromatic amines is 1. The molecule has 0 saturated heterocycles. The standard InChI is InChI=1S/C10H9F2N5O2/c1-5(10-13-4-14-16-10)15-9-7(17(18)19)3-2-6(11)8(9)12/h2-5,15H,1H3,(H,13,14,16). The van der Waals surface area contributed by atoms with Crippen molar-refractivity contribution in [1.82, 2.24) is 15.2 Å². The van der Waals surface area contributed by atoms with E-state index >= 15 is 0 Å². The molecule has 1 unspecified atom stereocenters. The third-order valence-corrected chi connectivity index (χ3v) is 2.47. The molecular formula is C10H9F2N5O2. The van der Waals surface area contributed by atoms with Gasteiger partial charge in [0.15, 0.2) is 17.3 Å². The summed E-state index contributed by atoms with van der Waals surface area (Å²) in [7, 11) is 0. The highest BCUT2D eigenvalue weighted by atomic mass is 19.2. The molecule has 7 nitrogen and oxygen atoms in total. The van der Waals surface area contributed by atoms with Crippen molar-refractivity contribution in [3.05, 3.63) is 46.0 Å². The minimum atomic E-state index is -1.31. The Bertz CT molecular complexity index is 602. The van der Waals surface area contributed by atoms with Crippen LogP contribution in [-0.2, 0) is 0 Å². The molecule has 100 valence electrons. The molecule has 1 heterocycles. The first kappa shape index (κ1) is 12.9. The van der Waals surface area contributed by atoms with Crippen LogP contribution in [0.15, 0.2) is 18.5 Å². The molecule has 2 N–H and O–H groups in total. The molecule has 0 spiro atoms. The molecule has 0 fully saturated rings. The molecule has 0 saturated carbocycles. The molecule has 1 aromatic heterocycles. The van der Waals surface area contributed by atoms with E-state index in [1.54, 1.807) is 6.92 Å². The van der Waals surface area contributed by atoms with Crippen LogP contribution in [0.25, 0.3) is 0 Å². The largest absolute Gasteiger partial charge is 0.367 e. The Kier molecular flexibility index (Phi) is 3.36. The minimum Gasteiger partial charge on any atom is -0.367 e. The Morgan fingerprint density at radius 2 is 2.21 bits per heavy atom. The van der Waals surface area contributed by atoms with Gasteiger partial charge in [-0.25, -0.2) is 13.8 Å². The van der Waals surface area contributed by atoms with Crippen LogP contribution in [0.4, 0.5) is 20.2 Å². The van der Waals surface area contributed by atoms with Gasteiger partial charge in [-0.1, -0.05) is 0 Å². The van der Waals surface area contributed by atoms with E-state index in [0.29, 0.717) is 11.9 Å². The number of hydrogen-bond donors (Lipinski definition) is 2. The molecule has 1 aromatic carbocycles. The summed E-state index contributed by atoms with van der Waals surface area (Å²) in [5.74, 6) is -2.13. The van der Waals surface area contributed by atoms with Gasteiger partial charge in [-0.05, 0) is 13.0 Å². The molecule has 19 heavy (non-hydrogen) atoms. The Morgan fingerprint density at radius 1 is 1.47 bits per heavy atom. The summed E-state index contributed by atoms with van der Waals surface area (Å²) >= 11 is 0. The molecule has 0 aliphatic rings. The van der Waals surface area contributed by atoms with E-state index in [4.69, 9.17) is 0 Å². The van der Waals surface area contributed by atoms with Gasteiger partial charge in [-0.3, -0.25) is 15.2 Å². The first-order valence-electron chi connectivity index (χ1n) is 5.25. The maximum Gasteiger partial charge on any atom is 0.295 e. The van der Waals surface area contributed by atoms with Gasteiger partial charge in [-0.2, -0.15) is 5.10 Å². The number of nitrogens with one attached hydrogen (secondary N) is 2. The Labute approximate surface area is 105 Å². The topological polar surface area (TPSA) is 96.7 Å². The van der Waals surface area contributed by atoms with E-state index in [-0.39, 0.29) is 0 Å². The number of anilines is 1. The highest BCUT2D eigenvalue weighted by Gasteiger charge is 2.23. The van der Waals surface area contributed by atoms with Crippen LogP contribution in [0.3, 0.4) is 0 Å². The number of nitro benzene ring substituents is 1. The Hall–Kier alpha value is -2.58. The van der Waals surface area contributed by atoms with Gasteiger partial charge in [-0.15, -0.1) is 0 Å². The molecular weight excluding hydrogens is 260 g/mol. The zero-order valence-electron chi connectivity index (χ0n) is 9.72. The minimum absolute atomic E-state index is 0.345. The third-order valence-electron chi connectivity index (χ3n) is 2.47. The van der Waals surface area contributed by atoms with Crippen molar-refractivity contribution in [2.75, 3.05) is 5.32 Å². The van der Waals surface area contributed by atoms with E-state index in [2.05, 4.69) is 20.5 Å². The van der Waals surface area contributed by atoms with Crippen molar-refractivity contribution in [2.45, 2.75) is 13.0 Å². The summed E-state index contributed by atoms with van der Waals surface area (Å²) in [6.07, 6.45) is 1.24. The van der Waals surface area contributed by atoms with E-state index in [9.17, 15) is 18.9 Å². The molecule has 0 amide bonds. The fraction of sp³-hybridized carbons (Fsp3) is 0.200. The quantitative estimate of drug-likeness (QED) is 0.654. The van der Waals surface area contributed by atoms with Gasteiger partial charge in [0.05, 0.1) is 11.0 Å². The zero-order valence-corrected chi connectivity index (χ0v) is 9.72. The second kappa shape index (κ2) is 4.96. The molecule has 0 aliphatic heterocycles. The number of H-pyrrole nitrogens is 1. The lowest BCUT2D eigenvalue weighted by Crippen LogP contribution is -2.12. The summed E-state index contributed by atoms with van der Waals surface area (Å²) in [4.78, 5) is 13.8. The van der Waals surface area contributed by atoms with Crippen LogP contribution in [0, 0.1) is 21.7 Å². The van der Waals surface area contributed by atoms with Gasteiger partial charge >= 0.3 is 0 Å². The normalized spacial score (nSPS) is 12.2. The summed E-state index contributed by atoms with van der Waals surface area (Å²) in [6, 6.07) is 1.00. The molecule has 2 aromatic rings. The van der Waals surface area contributed by atoms with E-state index < -0.39 is 34.0 Å². The van der Waals surface area contributed by atoms with Crippen LogP contribution in [0.5, 0.6) is 0 Å². The molecule has 0 aliphatic carbocycles. The monoisotopic (exact) mass is 269 g/mol. The summed E-state index contributed by atoms with van der Waals surface area (Å²) < 4.78 is 26.8. The SMILES string of the molecule is CC(Nc1c([N+](=O)[O-])ccc(F)c1F)c1ncn[nH]1. The van der Waals surface area contributed by atoms with Crippen molar-refractivity contribution >= 4 is 11.4 Å². The Balaban J connectivity index is 2.38. The van der Waals surface area contributed by atoms with Crippen LogP contribution in [0.2, 0.25) is 0 Å². The van der Waals surface area contributed by atoms with Crippen molar-refractivity contribution in [3.63, 3.8) is 0 Å². The smallest absolute Gasteiger partial charge is 0.295 e.